The Morgan fingerprint density at radius 3 is 2.11 bits per heavy atom. The Balaban J connectivity index is 1.83. The van der Waals surface area contributed by atoms with Crippen LogP contribution < -0.4 is 0 Å². The van der Waals surface area contributed by atoms with Gasteiger partial charge in [-0.15, -0.1) is 0 Å². The Morgan fingerprint density at radius 2 is 1.60 bits per heavy atom. The molecule has 1 aliphatic carbocycles. The summed E-state index contributed by atoms with van der Waals surface area (Å²) in [4.78, 5) is 11.4. The van der Waals surface area contributed by atoms with E-state index in [0.29, 0.717) is 6.42 Å². The van der Waals surface area contributed by atoms with Gasteiger partial charge in [-0.25, -0.2) is 4.58 Å². The maximum absolute atomic E-state index is 11.7. The van der Waals surface area contributed by atoms with E-state index >= 15 is 0 Å². The standard InChI is InChI=1S/C28H39N2O4Si/c1-21-22(17-18-25(31)27(21)30(32)33)20-29-19-11-16-26(29)28(34-35(2,3)4,23-12-7-5-8-13-23)24-14-9-6-10-15-24/h5-10,12-15,20-22,25-27,31H,11,16-19H2,1-4H3/q+1/t21-,22+,25-,26+,27+/m1/s1. The average Bonchev–Trinajstić information content (AvgIpc) is 3.28. The molecule has 1 saturated heterocycles. The molecule has 2 aromatic carbocycles. The quantitative estimate of drug-likeness (QED) is 0.252. The number of benzene rings is 2. The first-order valence-corrected chi connectivity index (χ1v) is 16.3. The molecule has 4 rings (SSSR count). The van der Waals surface area contributed by atoms with Crippen molar-refractivity contribution in [2.75, 3.05) is 6.54 Å². The van der Waals surface area contributed by atoms with Crippen LogP contribution in [0.5, 0.6) is 0 Å². The predicted octanol–water partition coefficient (Wildman–Crippen LogP) is 5.08. The van der Waals surface area contributed by atoms with Crippen LogP contribution in [0, 0.1) is 22.0 Å². The highest BCUT2D eigenvalue weighted by Crippen LogP contribution is 2.44. The predicted molar refractivity (Wildman–Crippen MR) is 141 cm³/mol. The van der Waals surface area contributed by atoms with E-state index in [1.54, 1.807) is 0 Å². The number of hydrogen-bond acceptors (Lipinski definition) is 4. The Kier molecular flexibility index (Phi) is 7.59. The van der Waals surface area contributed by atoms with Gasteiger partial charge in [0.25, 0.3) is 0 Å². The summed E-state index contributed by atoms with van der Waals surface area (Å²) >= 11 is 0. The molecule has 2 fully saturated rings. The lowest BCUT2D eigenvalue weighted by atomic mass is 9.75. The van der Waals surface area contributed by atoms with Gasteiger partial charge in [0, 0.05) is 29.6 Å². The van der Waals surface area contributed by atoms with Crippen LogP contribution in [-0.2, 0) is 10.0 Å². The molecule has 2 aromatic rings. The van der Waals surface area contributed by atoms with Gasteiger partial charge in [0.2, 0.25) is 6.04 Å². The highest BCUT2D eigenvalue weighted by molar-refractivity contribution is 6.69. The van der Waals surface area contributed by atoms with Crippen LogP contribution >= 0.6 is 0 Å². The van der Waals surface area contributed by atoms with E-state index in [2.05, 4.69) is 79.0 Å². The van der Waals surface area contributed by atoms with Crippen LogP contribution in [0.2, 0.25) is 19.6 Å². The maximum Gasteiger partial charge on any atom is 0.241 e. The summed E-state index contributed by atoms with van der Waals surface area (Å²) in [7, 11) is -2.02. The summed E-state index contributed by atoms with van der Waals surface area (Å²) in [5, 5.41) is 22.0. The molecular weight excluding hydrogens is 456 g/mol. The minimum Gasteiger partial charge on any atom is -0.399 e. The molecule has 0 unspecified atom stereocenters. The lowest BCUT2D eigenvalue weighted by Crippen LogP contribution is -2.53. The van der Waals surface area contributed by atoms with Crippen molar-refractivity contribution >= 4 is 14.5 Å². The molecule has 1 N–H and O–H groups in total. The Labute approximate surface area is 209 Å². The molecule has 0 radical (unpaired) electrons. The monoisotopic (exact) mass is 495 g/mol. The number of aliphatic hydroxyl groups is 1. The number of hydrogen-bond donors (Lipinski definition) is 1. The zero-order chi connectivity index (χ0) is 25.2. The van der Waals surface area contributed by atoms with Gasteiger partial charge in [0.05, 0.1) is 0 Å². The summed E-state index contributed by atoms with van der Waals surface area (Å²) in [6.45, 7) is 9.53. The first kappa shape index (κ1) is 25.7. The third kappa shape index (κ3) is 5.27. The Morgan fingerprint density at radius 1 is 1.03 bits per heavy atom. The first-order chi connectivity index (χ1) is 16.6. The van der Waals surface area contributed by atoms with Gasteiger partial charge < -0.3 is 9.53 Å². The number of nitro groups is 1. The van der Waals surface area contributed by atoms with Crippen LogP contribution in [0.3, 0.4) is 0 Å². The summed E-state index contributed by atoms with van der Waals surface area (Å²) < 4.78 is 9.65. The van der Waals surface area contributed by atoms with E-state index < -0.39 is 26.1 Å². The number of rotatable bonds is 7. The summed E-state index contributed by atoms with van der Waals surface area (Å²) in [5.74, 6) is -0.179. The van der Waals surface area contributed by atoms with Crippen LogP contribution in [0.15, 0.2) is 60.7 Å². The van der Waals surface area contributed by atoms with Gasteiger partial charge in [-0.3, -0.25) is 10.1 Å². The van der Waals surface area contributed by atoms with Gasteiger partial charge in [0.1, 0.15) is 18.9 Å². The van der Waals surface area contributed by atoms with Crippen molar-refractivity contribution in [3.05, 3.63) is 81.9 Å². The van der Waals surface area contributed by atoms with Crippen LogP contribution in [0.4, 0.5) is 0 Å². The molecule has 1 heterocycles. The van der Waals surface area contributed by atoms with E-state index in [1.165, 1.54) is 0 Å². The largest absolute Gasteiger partial charge is 0.399 e. The fourth-order valence-corrected chi connectivity index (χ4v) is 7.52. The third-order valence-electron chi connectivity index (χ3n) is 7.67. The Hall–Kier alpha value is -2.35. The minimum absolute atomic E-state index is 0.0468. The van der Waals surface area contributed by atoms with Crippen molar-refractivity contribution in [3.8, 4) is 0 Å². The zero-order valence-corrected chi connectivity index (χ0v) is 22.3. The molecular formula is C28H39N2O4Si+. The molecule has 0 aromatic heterocycles. The second kappa shape index (κ2) is 10.3. The fourth-order valence-electron chi connectivity index (χ4n) is 6.19. The average molecular weight is 496 g/mol. The molecule has 0 bridgehead atoms. The molecule has 1 aliphatic heterocycles. The van der Waals surface area contributed by atoms with Gasteiger partial charge in [-0.2, -0.15) is 0 Å². The molecule has 1 saturated carbocycles. The van der Waals surface area contributed by atoms with Crippen LogP contribution in [0.1, 0.15) is 43.7 Å². The summed E-state index contributed by atoms with van der Waals surface area (Å²) in [5.41, 5.74) is 1.66. The van der Waals surface area contributed by atoms with Gasteiger partial charge >= 0.3 is 0 Å². The lowest BCUT2D eigenvalue weighted by molar-refractivity contribution is -0.564. The molecule has 0 spiro atoms. The van der Waals surface area contributed by atoms with Gasteiger partial charge in [-0.05, 0) is 43.6 Å². The highest BCUT2D eigenvalue weighted by atomic mass is 28.4. The van der Waals surface area contributed by atoms with Gasteiger partial charge in [0.15, 0.2) is 20.0 Å². The third-order valence-corrected chi connectivity index (χ3v) is 8.60. The first-order valence-electron chi connectivity index (χ1n) is 12.9. The Bertz CT molecular complexity index is 998. The molecule has 5 atom stereocenters. The second-order valence-corrected chi connectivity index (χ2v) is 15.6. The maximum atomic E-state index is 11.7. The van der Waals surface area contributed by atoms with Crippen molar-refractivity contribution in [2.24, 2.45) is 11.8 Å². The van der Waals surface area contributed by atoms with Crippen molar-refractivity contribution in [1.82, 2.24) is 0 Å². The van der Waals surface area contributed by atoms with E-state index in [-0.39, 0.29) is 22.8 Å². The molecule has 35 heavy (non-hydrogen) atoms. The van der Waals surface area contributed by atoms with E-state index in [0.717, 1.165) is 36.9 Å². The molecule has 188 valence electrons. The zero-order valence-electron chi connectivity index (χ0n) is 21.3. The number of nitrogens with zero attached hydrogens (tertiary/aromatic N) is 2. The van der Waals surface area contributed by atoms with E-state index in [4.69, 9.17) is 4.43 Å². The van der Waals surface area contributed by atoms with Crippen LogP contribution in [-0.4, -0.2) is 53.9 Å². The smallest absolute Gasteiger partial charge is 0.241 e. The van der Waals surface area contributed by atoms with Gasteiger partial charge in [-0.1, -0.05) is 67.6 Å². The van der Waals surface area contributed by atoms with Crippen molar-refractivity contribution in [3.63, 3.8) is 0 Å². The summed E-state index contributed by atoms with van der Waals surface area (Å²) in [6.07, 6.45) is 4.62. The van der Waals surface area contributed by atoms with Crippen molar-refractivity contribution in [2.45, 2.75) is 76.0 Å². The lowest BCUT2D eigenvalue weighted by Gasteiger charge is -2.42. The fraction of sp³-hybridized carbons (Fsp3) is 0.536. The minimum atomic E-state index is -2.02. The van der Waals surface area contributed by atoms with Crippen LogP contribution in [0.25, 0.3) is 0 Å². The molecule has 7 heteroatoms. The normalized spacial score (nSPS) is 28.8. The van der Waals surface area contributed by atoms with E-state index in [1.807, 2.05) is 19.1 Å². The van der Waals surface area contributed by atoms with Crippen molar-refractivity contribution in [1.29, 1.82) is 0 Å². The SMILES string of the molecule is C[C@H]1[C@H]([N+](=O)[O-])[C@H](O)CC[C@H]1C=[N+]1CCC[C@H]1C(O[Si](C)(C)C)(c1ccccc1)c1ccccc1. The highest BCUT2D eigenvalue weighted by Gasteiger charge is 2.54. The topological polar surface area (TPSA) is 75.6 Å². The van der Waals surface area contributed by atoms with Crippen molar-refractivity contribution < 1.29 is 19.0 Å². The van der Waals surface area contributed by atoms with E-state index in [9.17, 15) is 15.2 Å². The molecule has 0 amide bonds. The molecule has 2 aliphatic rings. The number of aliphatic hydroxyl groups excluding tert-OH is 1. The summed E-state index contributed by atoms with van der Waals surface area (Å²) in [6, 6.07) is 20.2. The second-order valence-electron chi connectivity index (χ2n) is 11.2. The molecule has 6 nitrogen and oxygen atoms in total.